The van der Waals surface area contributed by atoms with Crippen LogP contribution >= 0.6 is 45.2 Å². The summed E-state index contributed by atoms with van der Waals surface area (Å²) in [6.07, 6.45) is 1.68. The highest BCUT2D eigenvalue weighted by atomic mass is 127. The highest BCUT2D eigenvalue weighted by molar-refractivity contribution is 14.1. The number of halogens is 2. The minimum absolute atomic E-state index is 0.501. The van der Waals surface area contributed by atoms with E-state index in [0.717, 1.165) is 7.14 Å². The molecule has 10 heavy (non-hydrogen) atoms. The van der Waals surface area contributed by atoms with Crippen molar-refractivity contribution in [1.29, 1.82) is 5.26 Å². The molecule has 0 radical (unpaired) electrons. The Balaban J connectivity index is 3.23. The third kappa shape index (κ3) is 1.79. The summed E-state index contributed by atoms with van der Waals surface area (Å²) in [7, 11) is 0. The molecule has 0 aromatic carbocycles. The van der Waals surface area contributed by atoms with Gasteiger partial charge in [-0.05, 0) is 51.2 Å². The highest BCUT2D eigenvalue weighted by Gasteiger charge is 1.98. The van der Waals surface area contributed by atoms with Gasteiger partial charge in [-0.2, -0.15) is 5.26 Å². The number of pyridine rings is 1. The Morgan fingerprint density at radius 2 is 2.20 bits per heavy atom. The van der Waals surface area contributed by atoms with Crippen LogP contribution < -0.4 is 0 Å². The zero-order chi connectivity index (χ0) is 7.56. The van der Waals surface area contributed by atoms with Crippen LogP contribution in [0.25, 0.3) is 0 Å². The molecule has 1 aromatic heterocycles. The first-order chi connectivity index (χ1) is 4.74. The van der Waals surface area contributed by atoms with Crippen molar-refractivity contribution < 1.29 is 0 Å². The summed E-state index contributed by atoms with van der Waals surface area (Å²) in [5.41, 5.74) is 0.501. The van der Waals surface area contributed by atoms with E-state index in [-0.39, 0.29) is 0 Å². The number of rotatable bonds is 0. The van der Waals surface area contributed by atoms with Crippen LogP contribution in [0.4, 0.5) is 0 Å². The van der Waals surface area contributed by atoms with Crippen LogP contribution in [0.3, 0.4) is 0 Å². The van der Waals surface area contributed by atoms with Gasteiger partial charge in [0.15, 0.2) is 5.69 Å². The molecule has 0 unspecified atom stereocenters. The zero-order valence-electron chi connectivity index (χ0n) is 4.81. The van der Waals surface area contributed by atoms with Crippen LogP contribution in [0, 0.1) is 18.5 Å². The molecule has 1 rings (SSSR count). The molecule has 0 spiro atoms. The van der Waals surface area contributed by atoms with Crippen LogP contribution in [0.2, 0.25) is 0 Å². The molecule has 0 aliphatic heterocycles. The van der Waals surface area contributed by atoms with E-state index in [2.05, 4.69) is 50.2 Å². The van der Waals surface area contributed by atoms with Gasteiger partial charge in [-0.15, -0.1) is 0 Å². The van der Waals surface area contributed by atoms with E-state index in [9.17, 15) is 0 Å². The monoisotopic (exact) mass is 356 g/mol. The summed E-state index contributed by atoms with van der Waals surface area (Å²) in [4.78, 5) is 3.92. The molecule has 0 amide bonds. The minimum Gasteiger partial charge on any atom is -0.243 e. The van der Waals surface area contributed by atoms with E-state index < -0.39 is 0 Å². The van der Waals surface area contributed by atoms with Gasteiger partial charge in [-0.25, -0.2) is 4.98 Å². The van der Waals surface area contributed by atoms with E-state index in [1.165, 1.54) is 0 Å². The average molecular weight is 356 g/mol. The first kappa shape index (κ1) is 8.20. The Morgan fingerprint density at radius 3 is 2.70 bits per heavy atom. The average Bonchev–Trinajstić information content (AvgIpc) is 1.88. The molecule has 0 saturated heterocycles. The third-order valence-electron chi connectivity index (χ3n) is 0.914. The summed E-state index contributed by atoms with van der Waals surface area (Å²) in [5.74, 6) is 0. The smallest absolute Gasteiger partial charge is 0.153 e. The Hall–Kier alpha value is 0.1000. The van der Waals surface area contributed by atoms with Crippen molar-refractivity contribution in [2.45, 2.75) is 0 Å². The van der Waals surface area contributed by atoms with E-state index in [1.54, 1.807) is 6.20 Å². The molecule has 0 bridgehead atoms. The van der Waals surface area contributed by atoms with Crippen LogP contribution in [0.1, 0.15) is 5.69 Å². The van der Waals surface area contributed by atoms with Crippen LogP contribution in [0.15, 0.2) is 12.3 Å². The number of hydrogen-bond acceptors (Lipinski definition) is 2. The second-order valence-electron chi connectivity index (χ2n) is 1.60. The molecule has 0 saturated carbocycles. The second-order valence-corrected chi connectivity index (χ2v) is 4.00. The molecule has 1 heterocycles. The van der Waals surface area contributed by atoms with E-state index in [4.69, 9.17) is 5.26 Å². The van der Waals surface area contributed by atoms with Crippen molar-refractivity contribution in [2.75, 3.05) is 0 Å². The van der Waals surface area contributed by atoms with E-state index >= 15 is 0 Å². The summed E-state index contributed by atoms with van der Waals surface area (Å²) in [6.45, 7) is 0. The number of hydrogen-bond donors (Lipinski definition) is 0. The highest BCUT2D eigenvalue weighted by Crippen LogP contribution is 2.11. The van der Waals surface area contributed by atoms with Gasteiger partial charge in [-0.1, -0.05) is 0 Å². The second kappa shape index (κ2) is 3.48. The SMILES string of the molecule is N#Cc1ncc(I)cc1I. The van der Waals surface area contributed by atoms with Crippen LogP contribution in [-0.2, 0) is 0 Å². The molecule has 0 atom stereocenters. The molecule has 50 valence electrons. The maximum atomic E-state index is 8.49. The third-order valence-corrected chi connectivity index (χ3v) is 2.33. The fraction of sp³-hybridized carbons (Fsp3) is 0. The van der Waals surface area contributed by atoms with Crippen LogP contribution in [-0.4, -0.2) is 4.98 Å². The lowest BCUT2D eigenvalue weighted by molar-refractivity contribution is 1.23. The lowest BCUT2D eigenvalue weighted by Crippen LogP contribution is -1.87. The first-order valence-corrected chi connectivity index (χ1v) is 4.61. The number of aromatic nitrogens is 1. The number of nitriles is 1. The quantitative estimate of drug-likeness (QED) is 0.669. The maximum absolute atomic E-state index is 8.49. The molecule has 0 N–H and O–H groups in total. The van der Waals surface area contributed by atoms with Gasteiger partial charge in [0.2, 0.25) is 0 Å². The normalized spacial score (nSPS) is 8.90. The maximum Gasteiger partial charge on any atom is 0.153 e. The Morgan fingerprint density at radius 1 is 1.50 bits per heavy atom. The molecule has 0 fully saturated rings. The van der Waals surface area contributed by atoms with Crippen LogP contribution in [0.5, 0.6) is 0 Å². The van der Waals surface area contributed by atoms with Gasteiger partial charge in [0.1, 0.15) is 6.07 Å². The first-order valence-electron chi connectivity index (χ1n) is 2.45. The van der Waals surface area contributed by atoms with Gasteiger partial charge >= 0.3 is 0 Å². The number of nitrogens with zero attached hydrogens (tertiary/aromatic N) is 2. The van der Waals surface area contributed by atoms with Crippen molar-refractivity contribution >= 4 is 45.2 Å². The fourth-order valence-electron chi connectivity index (χ4n) is 0.497. The van der Waals surface area contributed by atoms with Gasteiger partial charge in [0, 0.05) is 9.77 Å². The summed E-state index contributed by atoms with van der Waals surface area (Å²) < 4.78 is 1.97. The largest absolute Gasteiger partial charge is 0.243 e. The molecular weight excluding hydrogens is 354 g/mol. The fourth-order valence-corrected chi connectivity index (χ4v) is 2.14. The predicted octanol–water partition coefficient (Wildman–Crippen LogP) is 2.16. The molecule has 0 aliphatic carbocycles. The van der Waals surface area contributed by atoms with Crippen molar-refractivity contribution in [2.24, 2.45) is 0 Å². The van der Waals surface area contributed by atoms with Gasteiger partial charge in [-0.3, -0.25) is 0 Å². The lowest BCUT2D eigenvalue weighted by Gasteiger charge is -1.92. The summed E-state index contributed by atoms with van der Waals surface area (Å²) >= 11 is 4.26. The molecule has 2 nitrogen and oxygen atoms in total. The lowest BCUT2D eigenvalue weighted by atomic mass is 10.4. The zero-order valence-corrected chi connectivity index (χ0v) is 9.12. The molecule has 4 heteroatoms. The molecule has 1 aromatic rings. The standard InChI is InChI=1S/C6H2I2N2/c7-4-1-5(8)6(2-9)10-3-4/h1,3H. The topological polar surface area (TPSA) is 36.7 Å². The Kier molecular flexibility index (Phi) is 2.85. The van der Waals surface area contributed by atoms with Crippen molar-refractivity contribution in [3.05, 3.63) is 25.1 Å². The molecular formula is C6H2I2N2. The molecule has 0 aliphatic rings. The summed E-state index contributed by atoms with van der Waals surface area (Å²) in [6, 6.07) is 3.92. The van der Waals surface area contributed by atoms with Gasteiger partial charge < -0.3 is 0 Å². The van der Waals surface area contributed by atoms with Gasteiger partial charge in [0.25, 0.3) is 0 Å². The van der Waals surface area contributed by atoms with Gasteiger partial charge in [0.05, 0.1) is 3.57 Å². The van der Waals surface area contributed by atoms with Crippen molar-refractivity contribution in [3.8, 4) is 6.07 Å². The minimum atomic E-state index is 0.501. The summed E-state index contributed by atoms with van der Waals surface area (Å²) in [5, 5.41) is 8.49. The Bertz CT molecular complexity index is 290. The Labute approximate surface area is 85.9 Å². The van der Waals surface area contributed by atoms with Crippen molar-refractivity contribution in [1.82, 2.24) is 4.98 Å². The van der Waals surface area contributed by atoms with E-state index in [0.29, 0.717) is 5.69 Å². The van der Waals surface area contributed by atoms with Crippen molar-refractivity contribution in [3.63, 3.8) is 0 Å². The predicted molar refractivity (Wildman–Crippen MR) is 54.4 cm³/mol. The van der Waals surface area contributed by atoms with E-state index in [1.807, 2.05) is 12.1 Å².